The summed E-state index contributed by atoms with van der Waals surface area (Å²) in [6.07, 6.45) is 2.37. The van der Waals surface area contributed by atoms with Gasteiger partial charge in [-0.3, -0.25) is 4.79 Å². The normalized spacial score (nSPS) is 17.1. The standard InChI is InChI=1S/C15H18N4O3/c1-9(18-19-15(21)16-7-10-2-3-10)11-4-5-13-12(6-11)17-14(20)8-22-13/h4-6,10H,2-3,7-8H2,1H3,(H,17,20)(H2,16,19,21)/b18-9+. The molecular formula is C15H18N4O3. The van der Waals surface area contributed by atoms with Crippen LogP contribution in [0.2, 0.25) is 0 Å². The van der Waals surface area contributed by atoms with Crippen molar-refractivity contribution < 1.29 is 14.3 Å². The van der Waals surface area contributed by atoms with Crippen LogP contribution in [0, 0.1) is 5.92 Å². The van der Waals surface area contributed by atoms with E-state index < -0.39 is 0 Å². The molecule has 2 aliphatic rings. The van der Waals surface area contributed by atoms with Crippen LogP contribution in [0.3, 0.4) is 0 Å². The molecule has 0 atom stereocenters. The smallest absolute Gasteiger partial charge is 0.335 e. The molecule has 7 heteroatoms. The van der Waals surface area contributed by atoms with Crippen LogP contribution in [0.4, 0.5) is 10.5 Å². The van der Waals surface area contributed by atoms with Crippen molar-refractivity contribution in [2.45, 2.75) is 19.8 Å². The predicted molar refractivity (Wildman–Crippen MR) is 82.0 cm³/mol. The van der Waals surface area contributed by atoms with Crippen molar-refractivity contribution in [2.24, 2.45) is 11.0 Å². The fourth-order valence-corrected chi connectivity index (χ4v) is 2.11. The molecule has 0 radical (unpaired) electrons. The minimum absolute atomic E-state index is 0.0299. The summed E-state index contributed by atoms with van der Waals surface area (Å²) in [6, 6.07) is 5.07. The third-order valence-electron chi connectivity index (χ3n) is 3.60. The average Bonchev–Trinajstić information content (AvgIpc) is 3.34. The molecule has 1 aliphatic carbocycles. The van der Waals surface area contributed by atoms with Gasteiger partial charge < -0.3 is 15.4 Å². The Balaban J connectivity index is 1.62. The van der Waals surface area contributed by atoms with Gasteiger partial charge in [-0.2, -0.15) is 5.10 Å². The topological polar surface area (TPSA) is 91.8 Å². The Morgan fingerprint density at radius 1 is 1.45 bits per heavy atom. The highest BCUT2D eigenvalue weighted by Gasteiger charge is 2.21. The zero-order valence-corrected chi connectivity index (χ0v) is 12.3. The SMILES string of the molecule is C/C(=N\NC(=O)NCC1CC1)c1ccc2c(c1)NC(=O)CO2. The molecule has 0 saturated heterocycles. The molecule has 1 heterocycles. The van der Waals surface area contributed by atoms with Crippen LogP contribution in [0.1, 0.15) is 25.3 Å². The van der Waals surface area contributed by atoms with Crippen LogP contribution in [0.5, 0.6) is 5.75 Å². The van der Waals surface area contributed by atoms with Crippen molar-refractivity contribution in [3.8, 4) is 5.75 Å². The number of urea groups is 1. The molecule has 7 nitrogen and oxygen atoms in total. The van der Waals surface area contributed by atoms with Crippen LogP contribution in [0.15, 0.2) is 23.3 Å². The number of hydrogen-bond acceptors (Lipinski definition) is 4. The number of ether oxygens (including phenoxy) is 1. The lowest BCUT2D eigenvalue weighted by Gasteiger charge is -2.18. The number of nitrogens with one attached hydrogen (secondary N) is 3. The maximum absolute atomic E-state index is 11.6. The second kappa shape index (κ2) is 6.05. The summed E-state index contributed by atoms with van der Waals surface area (Å²) in [5.74, 6) is 1.07. The third kappa shape index (κ3) is 3.55. The quantitative estimate of drug-likeness (QED) is 0.580. The number of fused-ring (bicyclic) bond motifs is 1. The number of hydrogen-bond donors (Lipinski definition) is 3. The zero-order valence-electron chi connectivity index (χ0n) is 12.3. The minimum atomic E-state index is -0.305. The Kier molecular flexibility index (Phi) is 3.95. The highest BCUT2D eigenvalue weighted by Crippen LogP contribution is 2.28. The van der Waals surface area contributed by atoms with E-state index in [1.54, 1.807) is 19.1 Å². The van der Waals surface area contributed by atoms with Gasteiger partial charge in [-0.1, -0.05) is 0 Å². The van der Waals surface area contributed by atoms with E-state index in [2.05, 4.69) is 21.2 Å². The monoisotopic (exact) mass is 302 g/mol. The van der Waals surface area contributed by atoms with Crippen LogP contribution >= 0.6 is 0 Å². The van der Waals surface area contributed by atoms with Crippen LogP contribution in [-0.2, 0) is 4.79 Å². The van der Waals surface area contributed by atoms with Crippen molar-refractivity contribution in [1.82, 2.24) is 10.7 Å². The molecular weight excluding hydrogens is 284 g/mol. The molecule has 3 N–H and O–H groups in total. The number of carbonyl (C=O) groups is 2. The van der Waals surface area contributed by atoms with E-state index in [0.717, 1.165) is 5.56 Å². The van der Waals surface area contributed by atoms with E-state index >= 15 is 0 Å². The van der Waals surface area contributed by atoms with Gasteiger partial charge in [-0.05, 0) is 49.4 Å². The first-order valence-electron chi connectivity index (χ1n) is 7.27. The maximum Gasteiger partial charge on any atom is 0.335 e. The molecule has 0 unspecified atom stereocenters. The Labute approximate surface area is 128 Å². The molecule has 0 bridgehead atoms. The molecule has 22 heavy (non-hydrogen) atoms. The van der Waals surface area contributed by atoms with Gasteiger partial charge in [-0.15, -0.1) is 0 Å². The van der Waals surface area contributed by atoms with Gasteiger partial charge in [0.1, 0.15) is 5.75 Å². The first-order valence-corrected chi connectivity index (χ1v) is 7.27. The highest BCUT2D eigenvalue weighted by molar-refractivity contribution is 6.02. The maximum atomic E-state index is 11.6. The number of amides is 3. The van der Waals surface area contributed by atoms with E-state index in [1.807, 2.05) is 6.07 Å². The summed E-state index contributed by atoms with van der Waals surface area (Å²) < 4.78 is 5.30. The molecule has 1 aromatic carbocycles. The van der Waals surface area contributed by atoms with E-state index in [1.165, 1.54) is 12.8 Å². The van der Waals surface area contributed by atoms with E-state index in [4.69, 9.17) is 4.74 Å². The lowest BCUT2D eigenvalue weighted by Crippen LogP contribution is -2.34. The first kappa shape index (κ1) is 14.4. The van der Waals surface area contributed by atoms with Gasteiger partial charge in [0.25, 0.3) is 5.91 Å². The summed E-state index contributed by atoms with van der Waals surface area (Å²) >= 11 is 0. The Bertz CT molecular complexity index is 638. The number of anilines is 1. The summed E-state index contributed by atoms with van der Waals surface area (Å²) in [5, 5.41) is 9.58. The Morgan fingerprint density at radius 2 is 2.27 bits per heavy atom. The number of rotatable bonds is 4. The van der Waals surface area contributed by atoms with E-state index in [-0.39, 0.29) is 18.5 Å². The number of carbonyl (C=O) groups excluding carboxylic acids is 2. The van der Waals surface area contributed by atoms with Crippen molar-refractivity contribution >= 4 is 23.3 Å². The van der Waals surface area contributed by atoms with Crippen LogP contribution < -0.4 is 20.8 Å². The summed E-state index contributed by atoms with van der Waals surface area (Å²) in [4.78, 5) is 22.9. The first-order chi connectivity index (χ1) is 10.6. The number of hydrazone groups is 1. The van der Waals surface area contributed by atoms with Crippen LogP contribution in [-0.4, -0.2) is 30.8 Å². The van der Waals surface area contributed by atoms with Gasteiger partial charge in [0.2, 0.25) is 0 Å². The fraction of sp³-hybridized carbons (Fsp3) is 0.400. The van der Waals surface area contributed by atoms with Crippen molar-refractivity contribution in [3.63, 3.8) is 0 Å². The molecule has 1 saturated carbocycles. The summed E-state index contributed by atoms with van der Waals surface area (Å²) in [6.45, 7) is 2.51. The van der Waals surface area contributed by atoms with Gasteiger partial charge in [0.15, 0.2) is 6.61 Å². The molecule has 3 rings (SSSR count). The van der Waals surface area contributed by atoms with E-state index in [0.29, 0.717) is 29.6 Å². The Hall–Kier alpha value is -2.57. The van der Waals surface area contributed by atoms with Gasteiger partial charge in [-0.25, -0.2) is 10.2 Å². The second-order valence-electron chi connectivity index (χ2n) is 5.51. The third-order valence-corrected chi connectivity index (χ3v) is 3.60. The van der Waals surface area contributed by atoms with Gasteiger partial charge >= 0.3 is 6.03 Å². The molecule has 0 aromatic heterocycles. The van der Waals surface area contributed by atoms with Gasteiger partial charge in [0.05, 0.1) is 11.4 Å². The molecule has 3 amide bonds. The minimum Gasteiger partial charge on any atom is -0.482 e. The van der Waals surface area contributed by atoms with Gasteiger partial charge in [0, 0.05) is 6.54 Å². The molecule has 116 valence electrons. The molecule has 1 aliphatic heterocycles. The lowest BCUT2D eigenvalue weighted by atomic mass is 10.1. The zero-order chi connectivity index (χ0) is 15.5. The van der Waals surface area contributed by atoms with Crippen LogP contribution in [0.25, 0.3) is 0 Å². The van der Waals surface area contributed by atoms with Crippen molar-refractivity contribution in [1.29, 1.82) is 0 Å². The molecule has 0 spiro atoms. The molecule has 1 fully saturated rings. The second-order valence-corrected chi connectivity index (χ2v) is 5.51. The van der Waals surface area contributed by atoms with Crippen molar-refractivity contribution in [3.05, 3.63) is 23.8 Å². The lowest BCUT2D eigenvalue weighted by molar-refractivity contribution is -0.118. The number of nitrogens with zero attached hydrogens (tertiary/aromatic N) is 1. The average molecular weight is 302 g/mol. The largest absolute Gasteiger partial charge is 0.482 e. The number of benzene rings is 1. The highest BCUT2D eigenvalue weighted by atomic mass is 16.5. The van der Waals surface area contributed by atoms with Crippen molar-refractivity contribution in [2.75, 3.05) is 18.5 Å². The fourth-order valence-electron chi connectivity index (χ4n) is 2.11. The predicted octanol–water partition coefficient (Wildman–Crippen LogP) is 1.45. The Morgan fingerprint density at radius 3 is 3.05 bits per heavy atom. The summed E-state index contributed by atoms with van der Waals surface area (Å²) in [7, 11) is 0. The van der Waals surface area contributed by atoms with E-state index in [9.17, 15) is 9.59 Å². The summed E-state index contributed by atoms with van der Waals surface area (Å²) in [5.41, 5.74) is 4.53. The molecule has 1 aromatic rings.